The molecule has 0 spiro atoms. The molecule has 2 aliphatic rings. The minimum absolute atomic E-state index is 0.849. The highest BCUT2D eigenvalue weighted by atomic mass is 16.5. The number of nitrogens with zero attached hydrogens (tertiary/aromatic N) is 2. The Bertz CT molecular complexity index is 210. The van der Waals surface area contributed by atoms with Crippen molar-refractivity contribution >= 4 is 0 Å². The van der Waals surface area contributed by atoms with Gasteiger partial charge in [-0.25, -0.2) is 0 Å². The van der Waals surface area contributed by atoms with E-state index in [2.05, 4.69) is 25.8 Å². The lowest BCUT2D eigenvalue weighted by Gasteiger charge is -2.25. The van der Waals surface area contributed by atoms with E-state index >= 15 is 0 Å². The molecule has 6 heteroatoms. The Morgan fingerprint density at radius 3 is 1.86 bits per heavy atom. The van der Waals surface area contributed by atoms with Crippen LogP contribution >= 0.6 is 0 Å². The SMILES string of the molecule is C(CN1CCNCCNCC1)CN1CCNCCOCC1. The highest BCUT2D eigenvalue weighted by Gasteiger charge is 2.09. The summed E-state index contributed by atoms with van der Waals surface area (Å²) in [6.07, 6.45) is 1.25. The lowest BCUT2D eigenvalue weighted by atomic mass is 10.3. The Morgan fingerprint density at radius 2 is 1.19 bits per heavy atom. The van der Waals surface area contributed by atoms with Gasteiger partial charge in [-0.2, -0.15) is 0 Å². The molecule has 0 radical (unpaired) electrons. The van der Waals surface area contributed by atoms with E-state index in [1.807, 2.05) is 0 Å². The van der Waals surface area contributed by atoms with E-state index in [4.69, 9.17) is 4.74 Å². The molecule has 0 amide bonds. The summed E-state index contributed by atoms with van der Waals surface area (Å²) in [7, 11) is 0. The van der Waals surface area contributed by atoms with Gasteiger partial charge >= 0.3 is 0 Å². The van der Waals surface area contributed by atoms with Crippen LogP contribution in [-0.4, -0.2) is 102 Å². The second-order valence-corrected chi connectivity index (χ2v) is 5.90. The van der Waals surface area contributed by atoms with Crippen molar-refractivity contribution in [1.82, 2.24) is 25.8 Å². The zero-order valence-electron chi connectivity index (χ0n) is 13.4. The molecule has 0 aromatic carbocycles. The van der Waals surface area contributed by atoms with Crippen LogP contribution in [0.4, 0.5) is 0 Å². The van der Waals surface area contributed by atoms with Crippen LogP contribution in [0.3, 0.4) is 0 Å². The Hall–Kier alpha value is -0.240. The van der Waals surface area contributed by atoms with Gasteiger partial charge in [-0.1, -0.05) is 0 Å². The number of nitrogens with one attached hydrogen (secondary N) is 3. The molecule has 0 aliphatic carbocycles. The summed E-state index contributed by atoms with van der Waals surface area (Å²) in [5.41, 5.74) is 0. The number of ether oxygens (including phenoxy) is 1. The summed E-state index contributed by atoms with van der Waals surface area (Å²) >= 11 is 0. The van der Waals surface area contributed by atoms with E-state index in [1.165, 1.54) is 32.6 Å². The molecule has 124 valence electrons. The maximum Gasteiger partial charge on any atom is 0.0594 e. The largest absolute Gasteiger partial charge is 0.379 e. The lowest BCUT2D eigenvalue weighted by Crippen LogP contribution is -2.38. The van der Waals surface area contributed by atoms with Gasteiger partial charge in [0.05, 0.1) is 13.2 Å². The van der Waals surface area contributed by atoms with Gasteiger partial charge in [-0.3, -0.25) is 4.90 Å². The van der Waals surface area contributed by atoms with Crippen molar-refractivity contribution < 1.29 is 4.74 Å². The van der Waals surface area contributed by atoms with Crippen molar-refractivity contribution in [2.45, 2.75) is 6.42 Å². The molecule has 0 unspecified atom stereocenters. The highest BCUT2D eigenvalue weighted by Crippen LogP contribution is 1.97. The molecule has 2 rings (SSSR count). The number of rotatable bonds is 4. The average Bonchev–Trinajstić information content (AvgIpc) is 2.71. The molecule has 0 aromatic rings. The normalized spacial score (nSPS) is 25.1. The first-order valence-corrected chi connectivity index (χ1v) is 8.60. The highest BCUT2D eigenvalue weighted by molar-refractivity contribution is 4.68. The number of hydrogen-bond acceptors (Lipinski definition) is 6. The van der Waals surface area contributed by atoms with Crippen molar-refractivity contribution in [3.05, 3.63) is 0 Å². The molecule has 0 atom stereocenters. The minimum Gasteiger partial charge on any atom is -0.379 e. The summed E-state index contributed by atoms with van der Waals surface area (Å²) in [6.45, 7) is 15.2. The molecule has 2 saturated heterocycles. The van der Waals surface area contributed by atoms with Crippen molar-refractivity contribution in [2.75, 3.05) is 91.8 Å². The van der Waals surface area contributed by atoms with E-state index in [0.29, 0.717) is 0 Å². The van der Waals surface area contributed by atoms with Crippen LogP contribution in [-0.2, 0) is 4.74 Å². The number of hydrogen-bond donors (Lipinski definition) is 3. The third-order valence-electron chi connectivity index (χ3n) is 4.22. The van der Waals surface area contributed by atoms with Crippen LogP contribution in [0.1, 0.15) is 6.42 Å². The van der Waals surface area contributed by atoms with Crippen molar-refractivity contribution in [2.24, 2.45) is 0 Å². The van der Waals surface area contributed by atoms with E-state index < -0.39 is 0 Å². The minimum atomic E-state index is 0.849. The van der Waals surface area contributed by atoms with E-state index in [9.17, 15) is 0 Å². The quantitative estimate of drug-likeness (QED) is 0.606. The fourth-order valence-corrected chi connectivity index (χ4v) is 2.89. The predicted octanol–water partition coefficient (Wildman–Crippen LogP) is -1.21. The van der Waals surface area contributed by atoms with Crippen LogP contribution in [0.25, 0.3) is 0 Å². The van der Waals surface area contributed by atoms with Crippen molar-refractivity contribution in [1.29, 1.82) is 0 Å². The van der Waals surface area contributed by atoms with Gasteiger partial charge in [0.2, 0.25) is 0 Å². The van der Waals surface area contributed by atoms with Crippen LogP contribution in [0.5, 0.6) is 0 Å². The van der Waals surface area contributed by atoms with Gasteiger partial charge in [-0.15, -0.1) is 0 Å². The average molecular weight is 299 g/mol. The Morgan fingerprint density at radius 1 is 0.619 bits per heavy atom. The molecule has 0 bridgehead atoms. The molecule has 2 fully saturated rings. The molecule has 21 heavy (non-hydrogen) atoms. The molecule has 2 aliphatic heterocycles. The van der Waals surface area contributed by atoms with E-state index in [-0.39, 0.29) is 0 Å². The Labute approximate surface area is 129 Å². The predicted molar refractivity (Wildman–Crippen MR) is 86.9 cm³/mol. The Kier molecular flexibility index (Phi) is 9.25. The molecule has 0 aromatic heterocycles. The second-order valence-electron chi connectivity index (χ2n) is 5.90. The first-order chi connectivity index (χ1) is 10.4. The van der Waals surface area contributed by atoms with Crippen LogP contribution in [0.15, 0.2) is 0 Å². The summed E-state index contributed by atoms with van der Waals surface area (Å²) in [5.74, 6) is 0. The monoisotopic (exact) mass is 299 g/mol. The fraction of sp³-hybridized carbons (Fsp3) is 1.00. The van der Waals surface area contributed by atoms with Crippen LogP contribution in [0.2, 0.25) is 0 Å². The van der Waals surface area contributed by atoms with Gasteiger partial charge in [0.1, 0.15) is 0 Å². The Balaban J connectivity index is 1.61. The van der Waals surface area contributed by atoms with Gasteiger partial charge in [0.25, 0.3) is 0 Å². The van der Waals surface area contributed by atoms with Gasteiger partial charge < -0.3 is 25.6 Å². The van der Waals surface area contributed by atoms with E-state index in [0.717, 1.165) is 65.6 Å². The van der Waals surface area contributed by atoms with Gasteiger partial charge in [0.15, 0.2) is 0 Å². The molecule has 2 heterocycles. The molecule has 6 nitrogen and oxygen atoms in total. The standard InChI is InChI=1S/C15H33N5O/c1(8-19-10-4-16-2-3-17-5-11-19)9-20-12-6-18-7-14-21-15-13-20/h16-18H,1-15H2. The molecule has 0 saturated carbocycles. The first-order valence-electron chi connectivity index (χ1n) is 8.60. The summed E-state index contributed by atoms with van der Waals surface area (Å²) in [4.78, 5) is 5.11. The molecular formula is C15H33N5O. The zero-order valence-corrected chi connectivity index (χ0v) is 13.4. The van der Waals surface area contributed by atoms with E-state index in [1.54, 1.807) is 0 Å². The maximum atomic E-state index is 5.59. The third kappa shape index (κ3) is 8.09. The molecular weight excluding hydrogens is 266 g/mol. The summed E-state index contributed by atoms with van der Waals surface area (Å²) in [6, 6.07) is 0. The second kappa shape index (κ2) is 11.3. The van der Waals surface area contributed by atoms with Crippen LogP contribution < -0.4 is 16.0 Å². The van der Waals surface area contributed by atoms with Crippen LogP contribution in [0, 0.1) is 0 Å². The molecule has 3 N–H and O–H groups in total. The fourth-order valence-electron chi connectivity index (χ4n) is 2.89. The van der Waals surface area contributed by atoms with Crippen molar-refractivity contribution in [3.8, 4) is 0 Å². The lowest BCUT2D eigenvalue weighted by molar-refractivity contribution is 0.114. The maximum absolute atomic E-state index is 5.59. The summed E-state index contributed by atoms with van der Waals surface area (Å²) in [5, 5.41) is 10.4. The smallest absolute Gasteiger partial charge is 0.0594 e. The third-order valence-corrected chi connectivity index (χ3v) is 4.22. The zero-order chi connectivity index (χ0) is 14.6. The topological polar surface area (TPSA) is 51.8 Å². The summed E-state index contributed by atoms with van der Waals surface area (Å²) < 4.78 is 5.59. The van der Waals surface area contributed by atoms with Gasteiger partial charge in [0, 0.05) is 65.4 Å². The van der Waals surface area contributed by atoms with Gasteiger partial charge in [-0.05, 0) is 19.5 Å². The van der Waals surface area contributed by atoms with Crippen molar-refractivity contribution in [3.63, 3.8) is 0 Å². The first kappa shape index (κ1) is 17.1.